The Bertz CT molecular complexity index is 1020. The van der Waals surface area contributed by atoms with Crippen LogP contribution in [0.1, 0.15) is 12.8 Å². The highest BCUT2D eigenvalue weighted by Crippen LogP contribution is 2.35. The van der Waals surface area contributed by atoms with Crippen molar-refractivity contribution in [1.82, 2.24) is 10.2 Å². The molecule has 0 spiro atoms. The van der Waals surface area contributed by atoms with Crippen molar-refractivity contribution < 1.29 is 22.7 Å². The molecule has 1 N–H and O–H groups in total. The third-order valence-corrected chi connectivity index (χ3v) is 7.14. The van der Waals surface area contributed by atoms with E-state index in [1.165, 1.54) is 37.1 Å². The number of carbonyl (C=O) groups is 2. The van der Waals surface area contributed by atoms with Crippen LogP contribution >= 0.6 is 23.1 Å². The molecule has 1 saturated heterocycles. The minimum absolute atomic E-state index is 0.0765. The fraction of sp³-hybridized carbons (Fsp3) is 0.250. The van der Waals surface area contributed by atoms with Crippen molar-refractivity contribution in [2.75, 3.05) is 22.5 Å². The van der Waals surface area contributed by atoms with Crippen LogP contribution in [0.25, 0.3) is 0 Å². The standard InChI is InChI=1S/C16H16N4O5S3/c1-3-8-26-16-18-17-15(27-16)19-28(23,24)10-4-5-12(25-2)11(9-10)20-13(21)6-7-14(20)22/h3-5,9H,1,6-8H2,2H3,(H,17,19). The van der Waals surface area contributed by atoms with Crippen molar-refractivity contribution in [1.29, 1.82) is 0 Å². The van der Waals surface area contributed by atoms with Gasteiger partial charge in [0.1, 0.15) is 5.75 Å². The zero-order valence-corrected chi connectivity index (χ0v) is 17.2. The molecule has 0 unspecified atom stereocenters. The number of carbonyl (C=O) groups excluding carboxylic acids is 2. The maximum absolute atomic E-state index is 12.7. The Balaban J connectivity index is 1.90. The minimum Gasteiger partial charge on any atom is -0.495 e. The summed E-state index contributed by atoms with van der Waals surface area (Å²) in [5.41, 5.74) is 0.0948. The molecule has 0 bridgehead atoms. The van der Waals surface area contributed by atoms with Gasteiger partial charge in [-0.25, -0.2) is 13.3 Å². The summed E-state index contributed by atoms with van der Waals surface area (Å²) in [6, 6.07) is 3.95. The molecule has 12 heteroatoms. The van der Waals surface area contributed by atoms with Crippen LogP contribution in [0.15, 0.2) is 40.1 Å². The zero-order chi connectivity index (χ0) is 20.3. The van der Waals surface area contributed by atoms with Crippen molar-refractivity contribution in [3.8, 4) is 5.75 Å². The molecular formula is C16H16N4O5S3. The Labute approximate surface area is 169 Å². The van der Waals surface area contributed by atoms with Gasteiger partial charge in [-0.1, -0.05) is 29.2 Å². The lowest BCUT2D eigenvalue weighted by Crippen LogP contribution is -2.29. The normalized spacial score (nSPS) is 14.4. The first kappa shape index (κ1) is 20.3. The molecule has 28 heavy (non-hydrogen) atoms. The molecule has 1 aliphatic rings. The van der Waals surface area contributed by atoms with E-state index < -0.39 is 21.8 Å². The summed E-state index contributed by atoms with van der Waals surface area (Å²) < 4.78 is 33.6. The van der Waals surface area contributed by atoms with Gasteiger partial charge in [0.15, 0.2) is 4.34 Å². The van der Waals surface area contributed by atoms with E-state index in [2.05, 4.69) is 21.5 Å². The Morgan fingerprint density at radius 1 is 1.32 bits per heavy atom. The van der Waals surface area contributed by atoms with Gasteiger partial charge in [0, 0.05) is 18.6 Å². The molecule has 3 rings (SSSR count). The quantitative estimate of drug-likeness (QED) is 0.377. The van der Waals surface area contributed by atoms with E-state index in [4.69, 9.17) is 4.74 Å². The highest BCUT2D eigenvalue weighted by atomic mass is 32.2. The van der Waals surface area contributed by atoms with Crippen molar-refractivity contribution in [3.05, 3.63) is 30.9 Å². The van der Waals surface area contributed by atoms with E-state index in [1.807, 2.05) is 0 Å². The third-order valence-electron chi connectivity index (χ3n) is 3.71. The van der Waals surface area contributed by atoms with Crippen LogP contribution in [-0.2, 0) is 19.6 Å². The van der Waals surface area contributed by atoms with E-state index in [9.17, 15) is 18.0 Å². The van der Waals surface area contributed by atoms with Crippen LogP contribution in [0.5, 0.6) is 5.75 Å². The number of nitrogens with one attached hydrogen (secondary N) is 1. The zero-order valence-electron chi connectivity index (χ0n) is 14.7. The fourth-order valence-electron chi connectivity index (χ4n) is 2.47. The van der Waals surface area contributed by atoms with E-state index >= 15 is 0 Å². The summed E-state index contributed by atoms with van der Waals surface area (Å²) in [5, 5.41) is 7.82. The van der Waals surface area contributed by atoms with Gasteiger partial charge >= 0.3 is 0 Å². The first-order chi connectivity index (χ1) is 13.4. The lowest BCUT2D eigenvalue weighted by Gasteiger charge is -2.18. The number of rotatable bonds is 8. The maximum Gasteiger partial charge on any atom is 0.263 e. The smallest absolute Gasteiger partial charge is 0.263 e. The average molecular weight is 441 g/mol. The van der Waals surface area contributed by atoms with Crippen LogP contribution in [-0.4, -0.2) is 43.3 Å². The molecule has 1 aliphatic heterocycles. The first-order valence-corrected chi connectivity index (χ1v) is 11.3. The lowest BCUT2D eigenvalue weighted by atomic mass is 10.2. The summed E-state index contributed by atoms with van der Waals surface area (Å²) in [6.07, 6.45) is 1.86. The van der Waals surface area contributed by atoms with Crippen molar-refractivity contribution in [2.45, 2.75) is 22.1 Å². The Morgan fingerprint density at radius 3 is 2.68 bits per heavy atom. The molecule has 2 amide bonds. The number of aromatic nitrogens is 2. The number of thioether (sulfide) groups is 1. The topological polar surface area (TPSA) is 119 Å². The van der Waals surface area contributed by atoms with E-state index in [-0.39, 0.29) is 34.3 Å². The van der Waals surface area contributed by atoms with Crippen LogP contribution < -0.4 is 14.4 Å². The van der Waals surface area contributed by atoms with Gasteiger partial charge in [-0.05, 0) is 18.2 Å². The second-order valence-electron chi connectivity index (χ2n) is 5.53. The minimum atomic E-state index is -4.01. The number of hydrogen-bond acceptors (Lipinski definition) is 9. The predicted octanol–water partition coefficient (Wildman–Crippen LogP) is 2.28. The number of imide groups is 1. The number of ether oxygens (including phenoxy) is 1. The summed E-state index contributed by atoms with van der Waals surface area (Å²) in [4.78, 5) is 24.9. The fourth-order valence-corrected chi connectivity index (χ4v) is 5.23. The van der Waals surface area contributed by atoms with Crippen LogP contribution in [0, 0.1) is 0 Å². The Kier molecular flexibility index (Phi) is 6.01. The van der Waals surface area contributed by atoms with E-state index in [1.54, 1.807) is 6.08 Å². The van der Waals surface area contributed by atoms with Gasteiger partial charge < -0.3 is 4.74 Å². The molecule has 2 heterocycles. The molecule has 1 aromatic carbocycles. The van der Waals surface area contributed by atoms with E-state index in [0.717, 1.165) is 16.2 Å². The third kappa shape index (κ3) is 4.18. The second kappa shape index (κ2) is 8.29. The van der Waals surface area contributed by atoms with Gasteiger partial charge in [-0.15, -0.1) is 16.8 Å². The Morgan fingerprint density at radius 2 is 2.04 bits per heavy atom. The number of amides is 2. The molecule has 0 aliphatic carbocycles. The van der Waals surface area contributed by atoms with Gasteiger partial charge in [-0.2, -0.15) is 0 Å². The number of methoxy groups -OCH3 is 1. The monoisotopic (exact) mass is 440 g/mol. The van der Waals surface area contributed by atoms with Crippen molar-refractivity contribution >= 4 is 55.8 Å². The number of anilines is 2. The summed E-state index contributed by atoms with van der Waals surface area (Å²) in [6.45, 7) is 3.61. The predicted molar refractivity (Wildman–Crippen MR) is 106 cm³/mol. The molecule has 0 radical (unpaired) electrons. The SMILES string of the molecule is C=CCSc1nnc(NS(=O)(=O)c2ccc(OC)c(N3C(=O)CCC3=O)c2)s1. The van der Waals surface area contributed by atoms with E-state index in [0.29, 0.717) is 10.1 Å². The van der Waals surface area contributed by atoms with Crippen molar-refractivity contribution in [2.24, 2.45) is 0 Å². The number of benzene rings is 1. The molecule has 0 saturated carbocycles. The number of sulfonamides is 1. The van der Waals surface area contributed by atoms with Crippen LogP contribution in [0.2, 0.25) is 0 Å². The molecule has 1 fully saturated rings. The molecule has 148 valence electrons. The van der Waals surface area contributed by atoms with Crippen LogP contribution in [0.4, 0.5) is 10.8 Å². The highest BCUT2D eigenvalue weighted by Gasteiger charge is 2.33. The number of nitrogens with zero attached hydrogens (tertiary/aromatic N) is 3. The van der Waals surface area contributed by atoms with Gasteiger partial charge in [0.2, 0.25) is 16.9 Å². The highest BCUT2D eigenvalue weighted by molar-refractivity contribution is 8.01. The van der Waals surface area contributed by atoms with Crippen LogP contribution in [0.3, 0.4) is 0 Å². The summed E-state index contributed by atoms with van der Waals surface area (Å²) in [5.74, 6) is 0.0420. The maximum atomic E-state index is 12.7. The van der Waals surface area contributed by atoms with Gasteiger partial charge in [-0.3, -0.25) is 14.3 Å². The second-order valence-corrected chi connectivity index (χ2v) is 9.46. The Hall–Kier alpha value is -2.44. The molecule has 9 nitrogen and oxygen atoms in total. The molecule has 1 aromatic heterocycles. The first-order valence-electron chi connectivity index (χ1n) is 7.99. The van der Waals surface area contributed by atoms with Gasteiger partial charge in [0.25, 0.3) is 10.0 Å². The molecule has 2 aromatic rings. The summed E-state index contributed by atoms with van der Waals surface area (Å²) >= 11 is 2.47. The number of hydrogen-bond donors (Lipinski definition) is 1. The average Bonchev–Trinajstić information content (AvgIpc) is 3.24. The molecular weight excluding hydrogens is 424 g/mol. The van der Waals surface area contributed by atoms with Crippen molar-refractivity contribution in [3.63, 3.8) is 0 Å². The van der Waals surface area contributed by atoms with Gasteiger partial charge in [0.05, 0.1) is 17.7 Å². The largest absolute Gasteiger partial charge is 0.495 e. The lowest BCUT2D eigenvalue weighted by molar-refractivity contribution is -0.121. The molecule has 0 atom stereocenters. The summed E-state index contributed by atoms with van der Waals surface area (Å²) in [7, 11) is -2.63.